The highest BCUT2D eigenvalue weighted by molar-refractivity contribution is 7.09. The fourth-order valence-corrected chi connectivity index (χ4v) is 6.80. The van der Waals surface area contributed by atoms with Crippen molar-refractivity contribution in [1.29, 1.82) is 0 Å². The van der Waals surface area contributed by atoms with Gasteiger partial charge in [-0.25, -0.2) is 9.78 Å². The Bertz CT molecular complexity index is 1550. The molecule has 4 atom stereocenters. The van der Waals surface area contributed by atoms with Crippen molar-refractivity contribution in [3.8, 4) is 0 Å². The number of nitrogens with zero attached hydrogens (tertiary/aromatic N) is 4. The minimum Gasteiger partial charge on any atom is -0.443 e. The maximum absolute atomic E-state index is 13.8. The molecule has 1 fully saturated rings. The summed E-state index contributed by atoms with van der Waals surface area (Å²) in [4.78, 5) is 53.2. The minimum atomic E-state index is -1.02. The third-order valence-electron chi connectivity index (χ3n) is 8.68. The van der Waals surface area contributed by atoms with Gasteiger partial charge in [0.1, 0.15) is 18.7 Å². The van der Waals surface area contributed by atoms with Crippen molar-refractivity contribution in [2.45, 2.75) is 104 Å². The lowest BCUT2D eigenvalue weighted by Gasteiger charge is -2.43. The van der Waals surface area contributed by atoms with Crippen LogP contribution in [0.25, 0.3) is 0 Å². The molecule has 1 aromatic carbocycles. The van der Waals surface area contributed by atoms with Gasteiger partial charge in [-0.15, -0.1) is 11.3 Å². The van der Waals surface area contributed by atoms with Gasteiger partial charge in [0.25, 0.3) is 0 Å². The Hall–Kier alpha value is -3.91. The highest BCUT2D eigenvalue weighted by atomic mass is 32.1. The Morgan fingerprint density at radius 3 is 2.33 bits per heavy atom. The number of piperazine rings is 1. The van der Waals surface area contributed by atoms with Gasteiger partial charge in [-0.2, -0.15) is 0 Å². The van der Waals surface area contributed by atoms with Gasteiger partial charge in [0.05, 0.1) is 22.8 Å². The molecule has 4 N–H and O–H groups in total. The molecule has 1 aliphatic rings. The summed E-state index contributed by atoms with van der Waals surface area (Å²) in [5.41, 5.74) is 2.27. The first kappa shape index (κ1) is 39.9. The Labute approximate surface area is 306 Å². The van der Waals surface area contributed by atoms with Gasteiger partial charge in [0.15, 0.2) is 0 Å². The quantitative estimate of drug-likeness (QED) is 0.182. The Morgan fingerprint density at radius 2 is 1.71 bits per heavy atom. The number of nitrogens with one attached hydrogen (secondary N) is 3. The average molecular weight is 722 g/mol. The van der Waals surface area contributed by atoms with E-state index in [4.69, 9.17) is 4.74 Å². The molecule has 3 heterocycles. The molecule has 3 aromatic rings. The zero-order valence-corrected chi connectivity index (χ0v) is 31.8. The van der Waals surface area contributed by atoms with Crippen LogP contribution in [0.4, 0.5) is 4.79 Å². The number of benzene rings is 1. The molecule has 0 unspecified atom stereocenters. The molecule has 51 heavy (non-hydrogen) atoms. The van der Waals surface area contributed by atoms with Crippen molar-refractivity contribution in [2.75, 3.05) is 26.2 Å². The van der Waals surface area contributed by atoms with Crippen LogP contribution in [-0.2, 0) is 33.9 Å². The van der Waals surface area contributed by atoms with Crippen molar-refractivity contribution >= 4 is 29.2 Å². The number of carbonyl (C=O) groups excluding carboxylic acids is 3. The molecule has 278 valence electrons. The first-order valence-corrected chi connectivity index (χ1v) is 18.6. The summed E-state index contributed by atoms with van der Waals surface area (Å²) in [6.07, 6.45) is 2.14. The van der Waals surface area contributed by atoms with E-state index in [1.807, 2.05) is 87.4 Å². The molecule has 0 aliphatic carbocycles. The molecule has 3 amide bonds. The van der Waals surface area contributed by atoms with Crippen LogP contribution in [-0.4, -0.2) is 98.7 Å². The second-order valence-electron chi connectivity index (χ2n) is 15.0. The zero-order chi connectivity index (χ0) is 37.1. The number of ether oxygens (including phenoxy) is 1. The van der Waals surface area contributed by atoms with E-state index in [-0.39, 0.29) is 30.9 Å². The number of pyridine rings is 1. The number of hydrogen-bond donors (Lipinski definition) is 4. The lowest BCUT2D eigenvalue weighted by atomic mass is 9.97. The van der Waals surface area contributed by atoms with E-state index in [9.17, 15) is 19.5 Å². The maximum Gasteiger partial charge on any atom is 0.408 e. The van der Waals surface area contributed by atoms with E-state index < -0.39 is 41.8 Å². The number of alkyl carbamates (subject to hydrolysis) is 1. The van der Waals surface area contributed by atoms with Gasteiger partial charge in [0, 0.05) is 62.0 Å². The molecule has 1 saturated heterocycles. The van der Waals surface area contributed by atoms with Crippen LogP contribution in [0.5, 0.6) is 0 Å². The van der Waals surface area contributed by atoms with Crippen molar-refractivity contribution < 1.29 is 24.2 Å². The highest BCUT2D eigenvalue weighted by Gasteiger charge is 2.37. The second kappa shape index (κ2) is 18.5. The first-order valence-electron chi connectivity index (χ1n) is 17.8. The van der Waals surface area contributed by atoms with Crippen molar-refractivity contribution in [2.24, 2.45) is 5.92 Å². The normalized spacial score (nSPS) is 17.5. The number of thiazole rings is 1. The van der Waals surface area contributed by atoms with E-state index in [1.54, 1.807) is 12.4 Å². The summed E-state index contributed by atoms with van der Waals surface area (Å²) in [5.74, 6) is -0.530. The van der Waals surface area contributed by atoms with Gasteiger partial charge in [0.2, 0.25) is 11.8 Å². The summed E-state index contributed by atoms with van der Waals surface area (Å²) in [6, 6.07) is 11.4. The highest BCUT2D eigenvalue weighted by Crippen LogP contribution is 2.20. The van der Waals surface area contributed by atoms with E-state index in [1.165, 1.54) is 11.3 Å². The number of amides is 3. The number of rotatable bonds is 15. The molecule has 0 spiro atoms. The number of carbonyl (C=O) groups is 3. The molecule has 1 aliphatic heterocycles. The number of aliphatic hydroxyl groups excluding tert-OH is 1. The molecule has 0 saturated carbocycles. The van der Waals surface area contributed by atoms with Crippen LogP contribution >= 0.6 is 11.3 Å². The van der Waals surface area contributed by atoms with Gasteiger partial charge in [-0.1, -0.05) is 58.0 Å². The smallest absolute Gasteiger partial charge is 0.408 e. The van der Waals surface area contributed by atoms with Gasteiger partial charge >= 0.3 is 6.09 Å². The van der Waals surface area contributed by atoms with Gasteiger partial charge in [-0.3, -0.25) is 24.4 Å². The number of β-amino-alcohol motifs (C(OH)–C–C–N with tert-alkyl or cyclic N) is 1. The Morgan fingerprint density at radius 1 is 1.00 bits per heavy atom. The summed E-state index contributed by atoms with van der Waals surface area (Å²) in [6.45, 7) is 16.2. The van der Waals surface area contributed by atoms with Gasteiger partial charge in [-0.05, 0) is 56.4 Å². The summed E-state index contributed by atoms with van der Waals surface area (Å²) < 4.78 is 5.43. The van der Waals surface area contributed by atoms with Crippen LogP contribution in [0, 0.1) is 5.92 Å². The van der Waals surface area contributed by atoms with E-state index >= 15 is 0 Å². The van der Waals surface area contributed by atoms with Crippen LogP contribution in [0.3, 0.4) is 0 Å². The van der Waals surface area contributed by atoms with Crippen molar-refractivity contribution in [1.82, 2.24) is 35.7 Å². The van der Waals surface area contributed by atoms with Crippen molar-refractivity contribution in [3.63, 3.8) is 0 Å². The molecular weight excluding hydrogens is 667 g/mol. The molecular formula is C38H55N7O5S. The fourth-order valence-electron chi connectivity index (χ4n) is 5.98. The van der Waals surface area contributed by atoms with Crippen LogP contribution in [0.1, 0.15) is 76.2 Å². The SMILES string of the molecule is CC(C)c1nc(COC(=O)N[C@H](C(=O)N[C@@H](Cc2ccccc2)[C@H](O)CN2CCN(Cc3ccncc3)C[C@H]2C(=O)NC(C)(C)C)C(C)C)cs1. The van der Waals surface area contributed by atoms with E-state index in [0.717, 1.165) is 16.1 Å². The fraction of sp³-hybridized carbons (Fsp3) is 0.553. The molecule has 2 aromatic heterocycles. The standard InChI is InChI=1S/C38H55N7O5S/c1-25(2)33(42-37(49)50-23-29-24-51-36(40-29)26(3)4)35(48)41-30(19-27-11-9-8-10-12-27)32(46)22-45-18-17-44(20-28-13-15-39-16-14-28)21-31(45)34(47)43-38(5,6)7/h8-16,24-26,30-33,46H,17-23H2,1-7H3,(H,41,48)(H,42,49)(H,43,47)/t30-,31-,32+,33-/m0/s1. The molecule has 12 nitrogen and oxygen atoms in total. The predicted molar refractivity (Wildman–Crippen MR) is 199 cm³/mol. The Kier molecular flexibility index (Phi) is 14.5. The number of hydrogen-bond acceptors (Lipinski definition) is 10. The molecule has 0 bridgehead atoms. The molecule has 4 rings (SSSR count). The Balaban J connectivity index is 1.47. The summed E-state index contributed by atoms with van der Waals surface area (Å²) >= 11 is 1.52. The van der Waals surface area contributed by atoms with E-state index in [2.05, 4.69) is 44.7 Å². The zero-order valence-electron chi connectivity index (χ0n) is 31.0. The topological polar surface area (TPSA) is 149 Å². The molecule has 0 radical (unpaired) electrons. The van der Waals surface area contributed by atoms with Crippen LogP contribution in [0.15, 0.2) is 60.2 Å². The van der Waals surface area contributed by atoms with Crippen LogP contribution < -0.4 is 16.0 Å². The lowest BCUT2D eigenvalue weighted by molar-refractivity contribution is -0.132. The first-order chi connectivity index (χ1) is 24.2. The minimum absolute atomic E-state index is 0.00336. The van der Waals surface area contributed by atoms with E-state index in [0.29, 0.717) is 38.3 Å². The third-order valence-corrected chi connectivity index (χ3v) is 9.88. The van der Waals surface area contributed by atoms with Crippen molar-refractivity contribution in [3.05, 3.63) is 82.1 Å². The summed E-state index contributed by atoms with van der Waals surface area (Å²) in [7, 11) is 0. The largest absolute Gasteiger partial charge is 0.443 e. The third kappa shape index (κ3) is 12.7. The monoisotopic (exact) mass is 721 g/mol. The molecule has 13 heteroatoms. The van der Waals surface area contributed by atoms with Gasteiger partial charge < -0.3 is 25.8 Å². The number of aliphatic hydroxyl groups is 1. The van der Waals surface area contributed by atoms with Crippen LogP contribution in [0.2, 0.25) is 0 Å². The number of aromatic nitrogens is 2. The lowest BCUT2D eigenvalue weighted by Crippen LogP contribution is -2.63. The average Bonchev–Trinajstić information content (AvgIpc) is 3.56. The summed E-state index contributed by atoms with van der Waals surface area (Å²) in [5, 5.41) is 23.5. The maximum atomic E-state index is 13.8. The second-order valence-corrected chi connectivity index (χ2v) is 15.9. The predicted octanol–water partition coefficient (Wildman–Crippen LogP) is 4.10.